The Morgan fingerprint density at radius 2 is 1.79 bits per heavy atom. The second-order valence-corrected chi connectivity index (χ2v) is 7.17. The standard InChI is InChI=1S/C24H19ClN2O2/c1-16-13-17(14-27-23(16)25)7-6-12-26-24(28)29-15-22-20-10-4-2-8-18(20)19-9-3-5-11-21(19)22/h2-5,8-11,13-14,22H,12,15H2,1H3,(H,26,28). The van der Waals surface area contributed by atoms with Gasteiger partial charge >= 0.3 is 6.09 Å². The van der Waals surface area contributed by atoms with E-state index in [4.69, 9.17) is 16.3 Å². The Labute approximate surface area is 174 Å². The lowest BCUT2D eigenvalue weighted by molar-refractivity contribution is 0.144. The molecule has 0 atom stereocenters. The van der Waals surface area contributed by atoms with Crippen LogP contribution in [-0.2, 0) is 4.74 Å². The molecule has 1 heterocycles. The average molecular weight is 403 g/mol. The number of ether oxygens (including phenoxy) is 1. The van der Waals surface area contributed by atoms with Crippen LogP contribution in [-0.4, -0.2) is 24.2 Å². The van der Waals surface area contributed by atoms with Crippen LogP contribution in [0.25, 0.3) is 11.1 Å². The molecule has 0 fully saturated rings. The van der Waals surface area contributed by atoms with Gasteiger partial charge < -0.3 is 10.1 Å². The first-order valence-electron chi connectivity index (χ1n) is 9.33. The zero-order valence-electron chi connectivity index (χ0n) is 15.9. The van der Waals surface area contributed by atoms with Crippen LogP contribution in [0, 0.1) is 18.8 Å². The Bertz CT molecular complexity index is 1090. The molecule has 1 N–H and O–H groups in total. The second-order valence-electron chi connectivity index (χ2n) is 6.81. The molecule has 0 radical (unpaired) electrons. The molecule has 1 aliphatic carbocycles. The molecule has 0 spiro atoms. The molecular weight excluding hydrogens is 384 g/mol. The van der Waals surface area contributed by atoms with Gasteiger partial charge in [-0.15, -0.1) is 0 Å². The Morgan fingerprint density at radius 3 is 2.45 bits per heavy atom. The van der Waals surface area contributed by atoms with Crippen LogP contribution >= 0.6 is 11.6 Å². The molecule has 1 aromatic heterocycles. The molecule has 1 amide bonds. The van der Waals surface area contributed by atoms with Crippen molar-refractivity contribution < 1.29 is 9.53 Å². The normalized spacial score (nSPS) is 11.8. The van der Waals surface area contributed by atoms with Crippen molar-refractivity contribution in [1.29, 1.82) is 0 Å². The number of amides is 1. The van der Waals surface area contributed by atoms with Crippen molar-refractivity contribution in [3.05, 3.63) is 88.2 Å². The van der Waals surface area contributed by atoms with E-state index in [9.17, 15) is 4.79 Å². The number of nitrogens with one attached hydrogen (secondary N) is 1. The van der Waals surface area contributed by atoms with E-state index in [2.05, 4.69) is 46.4 Å². The van der Waals surface area contributed by atoms with E-state index in [0.29, 0.717) is 5.15 Å². The van der Waals surface area contributed by atoms with E-state index in [1.165, 1.54) is 22.3 Å². The molecule has 0 bridgehead atoms. The fourth-order valence-electron chi connectivity index (χ4n) is 3.54. The van der Waals surface area contributed by atoms with Crippen molar-refractivity contribution >= 4 is 17.7 Å². The molecule has 0 saturated carbocycles. The fraction of sp³-hybridized carbons (Fsp3) is 0.167. The maximum absolute atomic E-state index is 12.1. The summed E-state index contributed by atoms with van der Waals surface area (Å²) >= 11 is 5.90. The highest BCUT2D eigenvalue weighted by molar-refractivity contribution is 6.30. The molecule has 4 nitrogen and oxygen atoms in total. The number of pyridine rings is 1. The molecule has 0 saturated heterocycles. The minimum atomic E-state index is -0.480. The lowest BCUT2D eigenvalue weighted by Gasteiger charge is -2.14. The van der Waals surface area contributed by atoms with E-state index in [1.54, 1.807) is 6.20 Å². The lowest BCUT2D eigenvalue weighted by Crippen LogP contribution is -2.26. The van der Waals surface area contributed by atoms with Gasteiger partial charge in [0, 0.05) is 17.7 Å². The zero-order valence-corrected chi connectivity index (χ0v) is 16.7. The summed E-state index contributed by atoms with van der Waals surface area (Å²) in [6, 6.07) is 18.3. The predicted molar refractivity (Wildman–Crippen MR) is 114 cm³/mol. The van der Waals surface area contributed by atoms with Gasteiger partial charge in [-0.05, 0) is 40.8 Å². The van der Waals surface area contributed by atoms with Crippen LogP contribution in [0.2, 0.25) is 5.15 Å². The summed E-state index contributed by atoms with van der Waals surface area (Å²) in [6.45, 7) is 2.35. The number of halogens is 1. The number of aryl methyl sites for hydroxylation is 1. The van der Waals surface area contributed by atoms with E-state index >= 15 is 0 Å². The van der Waals surface area contributed by atoms with Gasteiger partial charge in [-0.1, -0.05) is 72.0 Å². The first-order valence-corrected chi connectivity index (χ1v) is 9.71. The summed E-state index contributed by atoms with van der Waals surface area (Å²) in [5.74, 6) is 5.89. The highest BCUT2D eigenvalue weighted by Crippen LogP contribution is 2.44. The minimum Gasteiger partial charge on any atom is -0.449 e. The summed E-state index contributed by atoms with van der Waals surface area (Å²) in [5.41, 5.74) is 6.40. The maximum atomic E-state index is 12.1. The van der Waals surface area contributed by atoms with Crippen LogP contribution in [0.1, 0.15) is 28.2 Å². The smallest absolute Gasteiger partial charge is 0.407 e. The number of alkyl carbamates (subject to hydrolysis) is 1. The number of carbonyl (C=O) groups excluding carboxylic acids is 1. The van der Waals surface area contributed by atoms with Gasteiger partial charge in [0.15, 0.2) is 0 Å². The van der Waals surface area contributed by atoms with E-state index < -0.39 is 6.09 Å². The van der Waals surface area contributed by atoms with E-state index in [1.807, 2.05) is 37.3 Å². The van der Waals surface area contributed by atoms with Crippen LogP contribution in [0.5, 0.6) is 0 Å². The lowest BCUT2D eigenvalue weighted by atomic mass is 9.98. The number of hydrogen-bond acceptors (Lipinski definition) is 3. The number of rotatable bonds is 3. The number of fused-ring (bicyclic) bond motifs is 3. The first-order chi connectivity index (χ1) is 14.1. The molecule has 2 aromatic carbocycles. The molecule has 29 heavy (non-hydrogen) atoms. The third kappa shape index (κ3) is 4.11. The van der Waals surface area contributed by atoms with Crippen LogP contribution in [0.3, 0.4) is 0 Å². The topological polar surface area (TPSA) is 51.2 Å². The van der Waals surface area contributed by atoms with Gasteiger partial charge in [-0.25, -0.2) is 9.78 Å². The van der Waals surface area contributed by atoms with Gasteiger partial charge in [-0.3, -0.25) is 0 Å². The van der Waals surface area contributed by atoms with Gasteiger partial charge in [0.05, 0.1) is 6.54 Å². The van der Waals surface area contributed by atoms with E-state index in [0.717, 1.165) is 11.1 Å². The molecule has 1 aliphatic rings. The van der Waals surface area contributed by atoms with Crippen molar-refractivity contribution in [3.8, 4) is 23.0 Å². The molecule has 0 aliphatic heterocycles. The molecular formula is C24H19ClN2O2. The monoisotopic (exact) mass is 402 g/mol. The van der Waals surface area contributed by atoms with Gasteiger partial charge in [-0.2, -0.15) is 0 Å². The predicted octanol–water partition coefficient (Wildman–Crippen LogP) is 4.93. The summed E-state index contributed by atoms with van der Waals surface area (Å²) in [6.07, 6.45) is 1.13. The number of benzene rings is 2. The van der Waals surface area contributed by atoms with Crippen LogP contribution in [0.4, 0.5) is 4.79 Å². The van der Waals surface area contributed by atoms with Gasteiger partial charge in [0.1, 0.15) is 11.8 Å². The summed E-state index contributed by atoms with van der Waals surface area (Å²) in [4.78, 5) is 16.2. The van der Waals surface area contributed by atoms with Crippen molar-refractivity contribution in [2.24, 2.45) is 0 Å². The summed E-state index contributed by atoms with van der Waals surface area (Å²) in [7, 11) is 0. The van der Waals surface area contributed by atoms with Crippen LogP contribution in [0.15, 0.2) is 60.8 Å². The first kappa shape index (κ1) is 19.0. The third-order valence-electron chi connectivity index (χ3n) is 4.91. The Morgan fingerprint density at radius 1 is 1.14 bits per heavy atom. The van der Waals surface area contributed by atoms with Crippen LogP contribution < -0.4 is 5.32 Å². The molecule has 3 aromatic rings. The van der Waals surface area contributed by atoms with Gasteiger partial charge in [0.25, 0.3) is 0 Å². The zero-order chi connectivity index (χ0) is 20.2. The molecule has 4 rings (SSSR count). The largest absolute Gasteiger partial charge is 0.449 e. The average Bonchev–Trinajstić information content (AvgIpc) is 3.06. The number of carbonyl (C=O) groups is 1. The van der Waals surface area contributed by atoms with E-state index in [-0.39, 0.29) is 19.1 Å². The third-order valence-corrected chi connectivity index (χ3v) is 5.31. The van der Waals surface area contributed by atoms with Crippen molar-refractivity contribution in [2.75, 3.05) is 13.2 Å². The SMILES string of the molecule is Cc1cc(C#CCNC(=O)OCC2c3ccccc3-c3ccccc32)cnc1Cl. The number of nitrogens with zero attached hydrogens (tertiary/aromatic N) is 1. The fourth-order valence-corrected chi connectivity index (χ4v) is 3.64. The summed E-state index contributed by atoms with van der Waals surface area (Å²) < 4.78 is 5.48. The Kier molecular flexibility index (Phi) is 5.50. The molecule has 144 valence electrons. The molecule has 5 heteroatoms. The highest BCUT2D eigenvalue weighted by Gasteiger charge is 2.28. The van der Waals surface area contributed by atoms with Crippen molar-refractivity contribution in [1.82, 2.24) is 10.3 Å². The van der Waals surface area contributed by atoms with Crippen molar-refractivity contribution in [2.45, 2.75) is 12.8 Å². The highest BCUT2D eigenvalue weighted by atomic mass is 35.5. The quantitative estimate of drug-likeness (QED) is 0.499. The maximum Gasteiger partial charge on any atom is 0.407 e. The minimum absolute atomic E-state index is 0.0438. The second kappa shape index (κ2) is 8.38. The van der Waals surface area contributed by atoms with Gasteiger partial charge in [0.2, 0.25) is 0 Å². The Hall–Kier alpha value is -3.29. The Balaban J connectivity index is 1.35. The summed E-state index contributed by atoms with van der Waals surface area (Å²) in [5, 5.41) is 3.13. The molecule has 0 unspecified atom stereocenters. The van der Waals surface area contributed by atoms with Crippen molar-refractivity contribution in [3.63, 3.8) is 0 Å². The number of hydrogen-bond donors (Lipinski definition) is 1. The number of aromatic nitrogens is 1.